The maximum Gasteiger partial charge on any atom is 0.254 e. The van der Waals surface area contributed by atoms with Crippen molar-refractivity contribution in [1.82, 2.24) is 4.90 Å². The zero-order valence-electron chi connectivity index (χ0n) is 10.4. The largest absolute Gasteiger partial charge is 0.334 e. The molecule has 0 aliphatic rings. The van der Waals surface area contributed by atoms with E-state index in [1.54, 1.807) is 11.3 Å². The van der Waals surface area contributed by atoms with Gasteiger partial charge in [0.2, 0.25) is 0 Å². The van der Waals surface area contributed by atoms with E-state index >= 15 is 0 Å². The molecule has 0 bridgehead atoms. The van der Waals surface area contributed by atoms with Crippen LogP contribution in [-0.2, 0) is 6.54 Å². The number of halogens is 2. The summed E-state index contributed by atoms with van der Waals surface area (Å²) in [5.41, 5.74) is 0.748. The van der Waals surface area contributed by atoms with Crippen LogP contribution in [0.4, 0.5) is 0 Å². The van der Waals surface area contributed by atoms with Gasteiger partial charge < -0.3 is 4.90 Å². The number of hydrogen-bond acceptors (Lipinski definition) is 2. The van der Waals surface area contributed by atoms with Crippen LogP contribution in [0.15, 0.2) is 40.2 Å². The molecule has 0 fully saturated rings. The van der Waals surface area contributed by atoms with Crippen molar-refractivity contribution in [1.29, 1.82) is 0 Å². The Morgan fingerprint density at radius 2 is 1.95 bits per heavy atom. The summed E-state index contributed by atoms with van der Waals surface area (Å²) in [4.78, 5) is 15.5. The summed E-state index contributed by atoms with van der Waals surface area (Å²) in [6.07, 6.45) is 0. The number of carbonyl (C=O) groups is 1. The summed E-state index contributed by atoms with van der Waals surface area (Å²) in [5.74, 6) is 0.0865. The van der Waals surface area contributed by atoms with Crippen LogP contribution >= 0.6 is 49.9 Å². The first-order chi connectivity index (χ1) is 9.10. The molecule has 0 aliphatic heterocycles. The predicted molar refractivity (Wildman–Crippen MR) is 91.6 cm³/mol. The molecule has 0 unspecified atom stereocenters. The smallest absolute Gasteiger partial charge is 0.254 e. The van der Waals surface area contributed by atoms with E-state index < -0.39 is 0 Å². The number of amides is 1. The van der Waals surface area contributed by atoms with E-state index in [0.29, 0.717) is 13.1 Å². The van der Waals surface area contributed by atoms with Gasteiger partial charge in [-0.05, 0) is 81.8 Å². The topological polar surface area (TPSA) is 20.3 Å². The third-order valence-electron chi connectivity index (χ3n) is 2.74. The van der Waals surface area contributed by atoms with Crippen LogP contribution in [0.3, 0.4) is 0 Å². The Kier molecular flexibility index (Phi) is 5.41. The van der Waals surface area contributed by atoms with Crippen molar-refractivity contribution in [2.45, 2.75) is 13.5 Å². The molecule has 1 amide bonds. The molecular weight excluding hydrogens is 437 g/mol. The van der Waals surface area contributed by atoms with Crippen molar-refractivity contribution in [3.8, 4) is 0 Å². The Bertz CT molecular complexity index is 567. The van der Waals surface area contributed by atoms with Crippen molar-refractivity contribution in [3.05, 3.63) is 54.2 Å². The minimum Gasteiger partial charge on any atom is -0.334 e. The molecule has 2 aromatic rings. The highest BCUT2D eigenvalue weighted by Crippen LogP contribution is 2.23. The highest BCUT2D eigenvalue weighted by atomic mass is 127. The molecule has 5 heteroatoms. The van der Waals surface area contributed by atoms with Crippen LogP contribution in [0.5, 0.6) is 0 Å². The Morgan fingerprint density at radius 3 is 2.47 bits per heavy atom. The van der Waals surface area contributed by atoms with E-state index in [4.69, 9.17) is 0 Å². The molecule has 0 atom stereocenters. The van der Waals surface area contributed by atoms with Crippen molar-refractivity contribution < 1.29 is 4.79 Å². The molecule has 1 aromatic heterocycles. The third-order valence-corrected chi connectivity index (χ3v) is 5.06. The highest BCUT2D eigenvalue weighted by molar-refractivity contribution is 14.1. The number of hydrogen-bond donors (Lipinski definition) is 0. The standard InChI is InChI=1S/C14H13BrINOS/c1-2-17(9-12-7-8-13(15)19-12)14(18)10-3-5-11(16)6-4-10/h3-8H,2,9H2,1H3. The van der Waals surface area contributed by atoms with E-state index in [-0.39, 0.29) is 5.91 Å². The second-order valence-corrected chi connectivity index (χ2v) is 7.83. The van der Waals surface area contributed by atoms with E-state index in [9.17, 15) is 4.79 Å². The second-order valence-electron chi connectivity index (χ2n) is 4.03. The Labute approximate surface area is 139 Å². The summed E-state index contributed by atoms with van der Waals surface area (Å²) in [5, 5.41) is 0. The molecule has 0 N–H and O–H groups in total. The highest BCUT2D eigenvalue weighted by Gasteiger charge is 2.15. The van der Waals surface area contributed by atoms with Gasteiger partial charge in [-0.2, -0.15) is 0 Å². The molecule has 0 spiro atoms. The normalized spacial score (nSPS) is 10.5. The van der Waals surface area contributed by atoms with Crippen molar-refractivity contribution in [2.24, 2.45) is 0 Å². The van der Waals surface area contributed by atoms with Crippen LogP contribution in [0.1, 0.15) is 22.2 Å². The average Bonchev–Trinajstić information content (AvgIpc) is 2.81. The number of thiophene rings is 1. The van der Waals surface area contributed by atoms with Crippen molar-refractivity contribution in [2.75, 3.05) is 6.54 Å². The summed E-state index contributed by atoms with van der Waals surface area (Å²) in [6, 6.07) is 11.8. The zero-order valence-corrected chi connectivity index (χ0v) is 15.0. The molecule has 2 nitrogen and oxygen atoms in total. The van der Waals surface area contributed by atoms with Crippen LogP contribution < -0.4 is 0 Å². The maximum atomic E-state index is 12.4. The minimum absolute atomic E-state index is 0.0865. The number of rotatable bonds is 4. The van der Waals surface area contributed by atoms with Gasteiger partial charge in [0.05, 0.1) is 10.3 Å². The van der Waals surface area contributed by atoms with Crippen LogP contribution in [0.2, 0.25) is 0 Å². The molecule has 2 rings (SSSR count). The summed E-state index contributed by atoms with van der Waals surface area (Å²) in [7, 11) is 0. The van der Waals surface area contributed by atoms with Crippen LogP contribution in [0.25, 0.3) is 0 Å². The first kappa shape index (κ1) is 15.0. The van der Waals surface area contributed by atoms with Gasteiger partial charge in [-0.15, -0.1) is 11.3 Å². The molecule has 19 heavy (non-hydrogen) atoms. The van der Waals surface area contributed by atoms with Crippen molar-refractivity contribution in [3.63, 3.8) is 0 Å². The first-order valence-corrected chi connectivity index (χ1v) is 8.58. The predicted octanol–water partition coefficient (Wildman–Crippen LogP) is 4.78. The van der Waals surface area contributed by atoms with Gasteiger partial charge >= 0.3 is 0 Å². The molecule has 1 heterocycles. The number of nitrogens with zero attached hydrogens (tertiary/aromatic N) is 1. The fourth-order valence-corrected chi connectivity index (χ4v) is 3.59. The van der Waals surface area contributed by atoms with E-state index in [1.807, 2.05) is 42.2 Å². The fraction of sp³-hybridized carbons (Fsp3) is 0.214. The van der Waals surface area contributed by atoms with E-state index in [0.717, 1.165) is 12.9 Å². The lowest BCUT2D eigenvalue weighted by Crippen LogP contribution is -2.29. The first-order valence-electron chi connectivity index (χ1n) is 5.89. The molecule has 100 valence electrons. The lowest BCUT2D eigenvalue weighted by molar-refractivity contribution is 0.0754. The maximum absolute atomic E-state index is 12.4. The summed E-state index contributed by atoms with van der Waals surface area (Å²) in [6.45, 7) is 3.38. The summed E-state index contributed by atoms with van der Waals surface area (Å²) < 4.78 is 2.24. The Balaban J connectivity index is 2.12. The lowest BCUT2D eigenvalue weighted by atomic mass is 10.2. The molecule has 0 saturated heterocycles. The van der Waals surface area contributed by atoms with Gasteiger partial charge in [0, 0.05) is 20.6 Å². The second kappa shape index (κ2) is 6.85. The molecule has 0 radical (unpaired) electrons. The van der Waals surface area contributed by atoms with E-state index in [2.05, 4.69) is 44.6 Å². The zero-order chi connectivity index (χ0) is 13.8. The third kappa shape index (κ3) is 4.03. The monoisotopic (exact) mass is 449 g/mol. The SMILES string of the molecule is CCN(Cc1ccc(Br)s1)C(=O)c1ccc(I)cc1. The molecule has 0 aliphatic carbocycles. The van der Waals surface area contributed by atoms with Gasteiger partial charge in [0.1, 0.15) is 0 Å². The Hall–Kier alpha value is -0.400. The van der Waals surface area contributed by atoms with Gasteiger partial charge in [-0.1, -0.05) is 0 Å². The van der Waals surface area contributed by atoms with E-state index in [1.165, 1.54) is 4.88 Å². The van der Waals surface area contributed by atoms with Crippen molar-refractivity contribution >= 4 is 55.8 Å². The average molecular weight is 450 g/mol. The van der Waals surface area contributed by atoms with Gasteiger partial charge in [-0.3, -0.25) is 4.79 Å². The molecule has 1 aromatic carbocycles. The molecule has 0 saturated carbocycles. The number of carbonyl (C=O) groups excluding carboxylic acids is 1. The van der Waals surface area contributed by atoms with Crippen LogP contribution in [0, 0.1) is 3.57 Å². The molecular formula is C14H13BrINOS. The fourth-order valence-electron chi connectivity index (χ4n) is 1.73. The lowest BCUT2D eigenvalue weighted by Gasteiger charge is -2.20. The number of benzene rings is 1. The van der Waals surface area contributed by atoms with Gasteiger partial charge in [0.25, 0.3) is 5.91 Å². The van der Waals surface area contributed by atoms with Gasteiger partial charge in [-0.25, -0.2) is 0 Å². The minimum atomic E-state index is 0.0865. The van der Waals surface area contributed by atoms with Crippen LogP contribution in [-0.4, -0.2) is 17.4 Å². The quantitative estimate of drug-likeness (QED) is 0.615. The summed E-state index contributed by atoms with van der Waals surface area (Å²) >= 11 is 7.36. The Morgan fingerprint density at radius 1 is 1.26 bits per heavy atom. The van der Waals surface area contributed by atoms with Gasteiger partial charge in [0.15, 0.2) is 0 Å².